The number of esters is 1. The Morgan fingerprint density at radius 1 is 1.41 bits per heavy atom. The lowest BCUT2D eigenvalue weighted by Gasteiger charge is -2.10. The summed E-state index contributed by atoms with van der Waals surface area (Å²) in [6.07, 6.45) is 0. The molecule has 0 bridgehead atoms. The fraction of sp³-hybridized carbons (Fsp3) is 0.533. The maximum atomic E-state index is 11.8. The van der Waals surface area contributed by atoms with E-state index in [9.17, 15) is 4.79 Å². The highest BCUT2D eigenvalue weighted by Crippen LogP contribution is 2.25. The zero-order valence-corrected chi connectivity index (χ0v) is 14.4. The summed E-state index contributed by atoms with van der Waals surface area (Å²) in [6, 6.07) is 0. The van der Waals surface area contributed by atoms with Crippen molar-refractivity contribution in [3.8, 4) is 0 Å². The number of rotatable bonds is 6. The van der Waals surface area contributed by atoms with Crippen molar-refractivity contribution in [3.63, 3.8) is 0 Å². The third-order valence-corrected chi connectivity index (χ3v) is 4.48. The Hall–Kier alpha value is -1.73. The van der Waals surface area contributed by atoms with Gasteiger partial charge in [0.25, 0.3) is 0 Å². The van der Waals surface area contributed by atoms with E-state index in [1.54, 1.807) is 18.4 Å². The van der Waals surface area contributed by atoms with Gasteiger partial charge in [0.2, 0.25) is 0 Å². The van der Waals surface area contributed by atoms with E-state index in [4.69, 9.17) is 9.47 Å². The van der Waals surface area contributed by atoms with Crippen LogP contribution in [0.25, 0.3) is 0 Å². The van der Waals surface area contributed by atoms with Crippen LogP contribution in [0.2, 0.25) is 0 Å². The molecule has 7 heteroatoms. The molecule has 2 aromatic heterocycles. The van der Waals surface area contributed by atoms with Crippen molar-refractivity contribution in [2.24, 2.45) is 0 Å². The van der Waals surface area contributed by atoms with E-state index in [1.807, 2.05) is 30.8 Å². The molecule has 2 heterocycles. The zero-order valence-electron chi connectivity index (χ0n) is 13.5. The van der Waals surface area contributed by atoms with Crippen LogP contribution in [0.1, 0.15) is 40.5 Å². The molecule has 0 N–H and O–H groups in total. The maximum Gasteiger partial charge on any atom is 0.312 e. The number of aromatic nitrogens is 3. The Balaban J connectivity index is 2.23. The van der Waals surface area contributed by atoms with E-state index in [0.717, 1.165) is 27.7 Å². The lowest BCUT2D eigenvalue weighted by atomic mass is 9.99. The van der Waals surface area contributed by atoms with Crippen molar-refractivity contribution in [2.45, 2.75) is 39.8 Å². The SMILES string of the molecule is COCc1nc(Cn2nc(C)c(C(C)C(=O)OC)c2C)cs1. The second kappa shape index (κ2) is 7.02. The van der Waals surface area contributed by atoms with Crippen LogP contribution < -0.4 is 0 Å². The minimum atomic E-state index is -0.321. The predicted molar refractivity (Wildman–Crippen MR) is 84.1 cm³/mol. The molecule has 0 amide bonds. The van der Waals surface area contributed by atoms with Gasteiger partial charge in [-0.15, -0.1) is 11.3 Å². The number of nitrogens with zero attached hydrogens (tertiary/aromatic N) is 3. The molecule has 0 saturated heterocycles. The van der Waals surface area contributed by atoms with Gasteiger partial charge in [-0.3, -0.25) is 9.48 Å². The van der Waals surface area contributed by atoms with Gasteiger partial charge in [0.1, 0.15) is 5.01 Å². The molecule has 0 aromatic carbocycles. The Kier molecular flexibility index (Phi) is 5.31. The van der Waals surface area contributed by atoms with Gasteiger partial charge >= 0.3 is 5.97 Å². The molecular weight excluding hydrogens is 302 g/mol. The Bertz CT molecular complexity index is 663. The summed E-state index contributed by atoms with van der Waals surface area (Å²) in [7, 11) is 3.06. The molecule has 1 atom stereocenters. The number of ether oxygens (including phenoxy) is 2. The summed E-state index contributed by atoms with van der Waals surface area (Å²) in [6.45, 7) is 6.83. The number of thiazole rings is 1. The highest BCUT2D eigenvalue weighted by atomic mass is 32.1. The van der Waals surface area contributed by atoms with Gasteiger partial charge in [-0.2, -0.15) is 5.10 Å². The van der Waals surface area contributed by atoms with Crippen molar-refractivity contribution in [2.75, 3.05) is 14.2 Å². The Morgan fingerprint density at radius 3 is 2.77 bits per heavy atom. The molecule has 0 spiro atoms. The minimum absolute atomic E-state index is 0.248. The molecule has 2 rings (SSSR count). The third-order valence-electron chi connectivity index (χ3n) is 3.60. The number of carbonyl (C=O) groups excluding carboxylic acids is 1. The third kappa shape index (κ3) is 3.36. The normalized spacial score (nSPS) is 12.4. The van der Waals surface area contributed by atoms with Crippen LogP contribution in [-0.2, 0) is 27.4 Å². The van der Waals surface area contributed by atoms with Crippen LogP contribution >= 0.6 is 11.3 Å². The van der Waals surface area contributed by atoms with E-state index >= 15 is 0 Å². The lowest BCUT2D eigenvalue weighted by molar-refractivity contribution is -0.142. The first-order valence-corrected chi connectivity index (χ1v) is 7.89. The van der Waals surface area contributed by atoms with E-state index < -0.39 is 0 Å². The topological polar surface area (TPSA) is 66.2 Å². The average molecular weight is 323 g/mol. The second-order valence-corrected chi connectivity index (χ2v) is 6.10. The van der Waals surface area contributed by atoms with E-state index in [1.165, 1.54) is 7.11 Å². The van der Waals surface area contributed by atoms with Crippen LogP contribution in [0.15, 0.2) is 5.38 Å². The fourth-order valence-corrected chi connectivity index (χ4v) is 3.31. The molecule has 0 aliphatic rings. The molecule has 1 unspecified atom stereocenters. The number of hydrogen-bond donors (Lipinski definition) is 0. The van der Waals surface area contributed by atoms with Gasteiger partial charge in [-0.25, -0.2) is 4.98 Å². The van der Waals surface area contributed by atoms with Crippen molar-refractivity contribution in [1.82, 2.24) is 14.8 Å². The van der Waals surface area contributed by atoms with Crippen LogP contribution in [-0.4, -0.2) is 35.0 Å². The summed E-state index contributed by atoms with van der Waals surface area (Å²) >= 11 is 1.57. The first kappa shape index (κ1) is 16.6. The van der Waals surface area contributed by atoms with Gasteiger partial charge in [0.15, 0.2) is 0 Å². The van der Waals surface area contributed by atoms with Gasteiger partial charge < -0.3 is 9.47 Å². The number of carbonyl (C=O) groups is 1. The van der Waals surface area contributed by atoms with Crippen LogP contribution in [0, 0.1) is 13.8 Å². The highest BCUT2D eigenvalue weighted by molar-refractivity contribution is 7.09. The Morgan fingerprint density at radius 2 is 2.14 bits per heavy atom. The largest absolute Gasteiger partial charge is 0.469 e. The van der Waals surface area contributed by atoms with E-state index in [2.05, 4.69) is 10.1 Å². The van der Waals surface area contributed by atoms with Crippen LogP contribution in [0.5, 0.6) is 0 Å². The van der Waals surface area contributed by atoms with Gasteiger partial charge in [0, 0.05) is 23.7 Å². The standard InChI is InChI=1S/C15H21N3O3S/c1-9(15(19)21-5)14-10(2)17-18(11(14)3)6-12-8-22-13(16-12)7-20-4/h8-9H,6-7H2,1-5H3. The van der Waals surface area contributed by atoms with E-state index in [0.29, 0.717) is 13.2 Å². The first-order valence-electron chi connectivity index (χ1n) is 7.01. The first-order chi connectivity index (χ1) is 10.5. The summed E-state index contributed by atoms with van der Waals surface area (Å²) in [4.78, 5) is 16.3. The second-order valence-electron chi connectivity index (χ2n) is 5.15. The summed E-state index contributed by atoms with van der Waals surface area (Å²) in [5.74, 6) is -0.569. The number of aryl methyl sites for hydroxylation is 1. The van der Waals surface area contributed by atoms with Crippen LogP contribution in [0.3, 0.4) is 0 Å². The van der Waals surface area contributed by atoms with Crippen molar-refractivity contribution in [1.29, 1.82) is 0 Å². The lowest BCUT2D eigenvalue weighted by Crippen LogP contribution is -2.13. The van der Waals surface area contributed by atoms with Crippen molar-refractivity contribution in [3.05, 3.63) is 33.0 Å². The number of hydrogen-bond acceptors (Lipinski definition) is 6. The van der Waals surface area contributed by atoms with Gasteiger partial charge in [-0.1, -0.05) is 0 Å². The molecule has 0 fully saturated rings. The molecule has 22 heavy (non-hydrogen) atoms. The molecular formula is C15H21N3O3S. The highest BCUT2D eigenvalue weighted by Gasteiger charge is 2.24. The van der Waals surface area contributed by atoms with Crippen molar-refractivity contribution >= 4 is 17.3 Å². The monoisotopic (exact) mass is 323 g/mol. The molecule has 0 radical (unpaired) electrons. The minimum Gasteiger partial charge on any atom is -0.469 e. The quantitative estimate of drug-likeness (QED) is 0.764. The number of methoxy groups -OCH3 is 2. The molecule has 0 aliphatic carbocycles. The van der Waals surface area contributed by atoms with Crippen molar-refractivity contribution < 1.29 is 14.3 Å². The van der Waals surface area contributed by atoms with Gasteiger partial charge in [0.05, 0.1) is 37.6 Å². The summed E-state index contributed by atoms with van der Waals surface area (Å²) in [5, 5.41) is 7.50. The fourth-order valence-electron chi connectivity index (χ4n) is 2.55. The van der Waals surface area contributed by atoms with Crippen LogP contribution in [0.4, 0.5) is 0 Å². The summed E-state index contributed by atoms with van der Waals surface area (Å²) < 4.78 is 11.8. The summed E-state index contributed by atoms with van der Waals surface area (Å²) in [5.41, 5.74) is 3.69. The smallest absolute Gasteiger partial charge is 0.312 e. The molecule has 0 saturated carbocycles. The van der Waals surface area contributed by atoms with E-state index in [-0.39, 0.29) is 11.9 Å². The molecule has 2 aromatic rings. The maximum absolute atomic E-state index is 11.8. The predicted octanol–water partition coefficient (Wildman–Crippen LogP) is 2.43. The molecule has 120 valence electrons. The van der Waals surface area contributed by atoms with Gasteiger partial charge in [-0.05, 0) is 20.8 Å². The Labute approximate surface area is 134 Å². The molecule has 6 nitrogen and oxygen atoms in total. The zero-order chi connectivity index (χ0) is 16.3. The average Bonchev–Trinajstić information content (AvgIpc) is 3.03. The molecule has 0 aliphatic heterocycles.